The summed E-state index contributed by atoms with van der Waals surface area (Å²) in [6.45, 7) is 1.77. The molecule has 0 aliphatic heterocycles. The van der Waals surface area contributed by atoms with Crippen molar-refractivity contribution in [2.75, 3.05) is 5.32 Å². The maximum absolute atomic E-state index is 13.4. The number of aromatic nitrogens is 3. The van der Waals surface area contributed by atoms with Gasteiger partial charge in [0.05, 0.1) is 12.2 Å². The van der Waals surface area contributed by atoms with Gasteiger partial charge in [0.2, 0.25) is 5.69 Å². The lowest BCUT2D eigenvalue weighted by Crippen LogP contribution is -2.45. The van der Waals surface area contributed by atoms with Crippen LogP contribution in [0.2, 0.25) is 0 Å². The Kier molecular flexibility index (Phi) is 5.95. The van der Waals surface area contributed by atoms with E-state index < -0.39 is 34.5 Å². The zero-order chi connectivity index (χ0) is 23.5. The standard InChI is InChI=1S/C24H18F2N4O3/c1-15-3-2-4-16(13-15)14-29-23(32)21(22(31)27-19-9-5-17(25)6-10-19)28-30(24(29)33)20-11-7-18(26)8-12-20/h2-13H,14H2,1H3,(H,27,31). The monoisotopic (exact) mass is 448 g/mol. The van der Waals surface area contributed by atoms with Crippen LogP contribution in [0.1, 0.15) is 21.6 Å². The zero-order valence-electron chi connectivity index (χ0n) is 17.5. The molecule has 4 rings (SSSR count). The first-order valence-corrected chi connectivity index (χ1v) is 9.94. The van der Waals surface area contributed by atoms with E-state index in [2.05, 4.69) is 10.4 Å². The van der Waals surface area contributed by atoms with Crippen LogP contribution in [0.25, 0.3) is 5.69 Å². The van der Waals surface area contributed by atoms with Gasteiger partial charge >= 0.3 is 5.69 Å². The lowest BCUT2D eigenvalue weighted by Gasteiger charge is -2.13. The van der Waals surface area contributed by atoms with Crippen molar-refractivity contribution < 1.29 is 13.6 Å². The Morgan fingerprint density at radius 3 is 2.21 bits per heavy atom. The lowest BCUT2D eigenvalue weighted by molar-refractivity contribution is 0.101. The summed E-state index contributed by atoms with van der Waals surface area (Å²) in [7, 11) is 0. The molecule has 33 heavy (non-hydrogen) atoms. The maximum Gasteiger partial charge on any atom is 0.352 e. The average Bonchev–Trinajstić information content (AvgIpc) is 2.79. The van der Waals surface area contributed by atoms with E-state index in [0.717, 1.165) is 39.1 Å². The second-order valence-corrected chi connectivity index (χ2v) is 7.36. The van der Waals surface area contributed by atoms with Crippen molar-refractivity contribution >= 4 is 11.6 Å². The molecule has 0 bridgehead atoms. The van der Waals surface area contributed by atoms with Gasteiger partial charge in [-0.1, -0.05) is 29.8 Å². The molecule has 0 spiro atoms. The van der Waals surface area contributed by atoms with Gasteiger partial charge in [0.15, 0.2) is 0 Å². The first-order chi connectivity index (χ1) is 15.8. The van der Waals surface area contributed by atoms with Crippen molar-refractivity contribution in [1.29, 1.82) is 0 Å². The Bertz CT molecular complexity index is 1440. The highest BCUT2D eigenvalue weighted by Crippen LogP contribution is 2.10. The summed E-state index contributed by atoms with van der Waals surface area (Å²) in [4.78, 5) is 39.1. The van der Waals surface area contributed by atoms with Gasteiger partial charge in [0, 0.05) is 5.69 Å². The van der Waals surface area contributed by atoms with E-state index in [1.165, 1.54) is 24.3 Å². The number of hydrogen-bond acceptors (Lipinski definition) is 4. The topological polar surface area (TPSA) is 86.0 Å². The smallest absolute Gasteiger partial charge is 0.320 e. The van der Waals surface area contributed by atoms with Crippen LogP contribution in [-0.2, 0) is 6.54 Å². The Hall–Kier alpha value is -4.40. The van der Waals surface area contributed by atoms with Gasteiger partial charge in [0.1, 0.15) is 11.6 Å². The number of benzene rings is 3. The predicted octanol–water partition coefficient (Wildman–Crippen LogP) is 3.28. The summed E-state index contributed by atoms with van der Waals surface area (Å²) in [6.07, 6.45) is 0. The third kappa shape index (κ3) is 4.77. The van der Waals surface area contributed by atoms with Crippen LogP contribution in [0, 0.1) is 18.6 Å². The van der Waals surface area contributed by atoms with Crippen molar-refractivity contribution in [3.8, 4) is 5.69 Å². The van der Waals surface area contributed by atoms with Crippen LogP contribution in [0.3, 0.4) is 0 Å². The van der Waals surface area contributed by atoms with E-state index in [9.17, 15) is 23.2 Å². The number of carbonyl (C=O) groups is 1. The molecule has 0 atom stereocenters. The van der Waals surface area contributed by atoms with Gasteiger partial charge in [-0.3, -0.25) is 14.2 Å². The van der Waals surface area contributed by atoms with Crippen LogP contribution >= 0.6 is 0 Å². The predicted molar refractivity (Wildman–Crippen MR) is 119 cm³/mol. The first-order valence-electron chi connectivity index (χ1n) is 9.94. The van der Waals surface area contributed by atoms with Gasteiger partial charge < -0.3 is 5.32 Å². The van der Waals surface area contributed by atoms with Crippen LogP contribution < -0.4 is 16.6 Å². The maximum atomic E-state index is 13.4. The summed E-state index contributed by atoms with van der Waals surface area (Å²) >= 11 is 0. The van der Waals surface area contributed by atoms with Crippen LogP contribution in [0.5, 0.6) is 0 Å². The molecule has 0 saturated carbocycles. The van der Waals surface area contributed by atoms with E-state index in [1.807, 2.05) is 19.1 Å². The molecule has 7 nitrogen and oxygen atoms in total. The number of amides is 1. The van der Waals surface area contributed by atoms with Crippen LogP contribution in [0.4, 0.5) is 14.5 Å². The second-order valence-electron chi connectivity index (χ2n) is 7.36. The van der Waals surface area contributed by atoms with E-state index in [1.54, 1.807) is 12.1 Å². The molecule has 0 aliphatic rings. The lowest BCUT2D eigenvalue weighted by atomic mass is 10.1. The highest BCUT2D eigenvalue weighted by molar-refractivity contribution is 6.02. The Morgan fingerprint density at radius 2 is 1.58 bits per heavy atom. The fourth-order valence-electron chi connectivity index (χ4n) is 3.26. The third-order valence-corrected chi connectivity index (χ3v) is 4.87. The average molecular weight is 448 g/mol. The molecular formula is C24H18F2N4O3. The fourth-order valence-corrected chi connectivity index (χ4v) is 3.26. The van der Waals surface area contributed by atoms with E-state index >= 15 is 0 Å². The molecule has 166 valence electrons. The molecule has 1 aromatic heterocycles. The largest absolute Gasteiger partial charge is 0.352 e. The molecule has 1 N–H and O–H groups in total. The van der Waals surface area contributed by atoms with E-state index in [0.29, 0.717) is 5.56 Å². The SMILES string of the molecule is Cc1cccc(Cn2c(=O)c(C(=O)Nc3ccc(F)cc3)nn(-c3ccc(F)cc3)c2=O)c1. The molecule has 1 amide bonds. The number of halogens is 2. The molecule has 0 radical (unpaired) electrons. The number of rotatable bonds is 5. The minimum Gasteiger partial charge on any atom is -0.320 e. The number of hydrogen-bond donors (Lipinski definition) is 1. The van der Waals surface area contributed by atoms with Gasteiger partial charge in [0.25, 0.3) is 11.5 Å². The van der Waals surface area contributed by atoms with Crippen molar-refractivity contribution in [1.82, 2.24) is 14.3 Å². The summed E-state index contributed by atoms with van der Waals surface area (Å²) in [6, 6.07) is 17.1. The first kappa shape index (κ1) is 21.8. The van der Waals surface area contributed by atoms with E-state index in [-0.39, 0.29) is 17.9 Å². The highest BCUT2D eigenvalue weighted by atomic mass is 19.1. The van der Waals surface area contributed by atoms with Gasteiger partial charge in [-0.05, 0) is 61.0 Å². The molecule has 0 saturated heterocycles. The minimum atomic E-state index is -0.889. The molecule has 1 heterocycles. The quantitative estimate of drug-likeness (QED) is 0.508. The highest BCUT2D eigenvalue weighted by Gasteiger charge is 2.21. The Balaban J connectivity index is 1.84. The molecule has 4 aromatic rings. The summed E-state index contributed by atoms with van der Waals surface area (Å²) in [5.41, 5.74) is -0.192. The second kappa shape index (κ2) is 8.99. The molecule has 0 unspecified atom stereocenters. The normalized spacial score (nSPS) is 10.8. The zero-order valence-corrected chi connectivity index (χ0v) is 17.5. The van der Waals surface area contributed by atoms with Gasteiger partial charge in [-0.2, -0.15) is 9.78 Å². The number of nitrogens with zero attached hydrogens (tertiary/aromatic N) is 3. The summed E-state index contributed by atoms with van der Waals surface area (Å²) < 4.78 is 28.3. The third-order valence-electron chi connectivity index (χ3n) is 4.87. The van der Waals surface area contributed by atoms with Crippen molar-refractivity contribution in [3.05, 3.63) is 122 Å². The van der Waals surface area contributed by atoms with Crippen LogP contribution in [-0.4, -0.2) is 20.3 Å². The van der Waals surface area contributed by atoms with Gasteiger partial charge in [-0.15, -0.1) is 0 Å². The number of carbonyl (C=O) groups excluding carboxylic acids is 1. The van der Waals surface area contributed by atoms with Crippen molar-refractivity contribution in [2.45, 2.75) is 13.5 Å². The van der Waals surface area contributed by atoms with Crippen molar-refractivity contribution in [3.63, 3.8) is 0 Å². The van der Waals surface area contributed by atoms with Crippen LogP contribution in [0.15, 0.2) is 82.4 Å². The number of anilines is 1. The van der Waals surface area contributed by atoms with E-state index in [4.69, 9.17) is 0 Å². The summed E-state index contributed by atoms with van der Waals surface area (Å²) in [5, 5.41) is 6.44. The molecule has 9 heteroatoms. The van der Waals surface area contributed by atoms with Crippen molar-refractivity contribution in [2.24, 2.45) is 0 Å². The summed E-state index contributed by atoms with van der Waals surface area (Å²) in [5.74, 6) is -1.88. The minimum absolute atomic E-state index is 0.0973. The van der Waals surface area contributed by atoms with Gasteiger partial charge in [-0.25, -0.2) is 13.6 Å². The number of nitrogens with one attached hydrogen (secondary N) is 1. The Labute approximate surface area is 186 Å². The molecular weight excluding hydrogens is 430 g/mol. The number of aryl methyl sites for hydroxylation is 1. The fraction of sp³-hybridized carbons (Fsp3) is 0.0833. The Morgan fingerprint density at radius 1 is 0.939 bits per heavy atom. The molecule has 3 aromatic carbocycles. The molecule has 0 fully saturated rings. The molecule has 0 aliphatic carbocycles.